The van der Waals surface area contributed by atoms with Gasteiger partial charge in [-0.05, 0) is 36.4 Å². The van der Waals surface area contributed by atoms with Crippen molar-refractivity contribution in [2.24, 2.45) is 5.14 Å². The molecule has 130 valence electrons. The third kappa shape index (κ3) is 4.94. The number of methoxy groups -OCH3 is 1. The van der Waals surface area contributed by atoms with E-state index in [-0.39, 0.29) is 11.5 Å². The summed E-state index contributed by atoms with van der Waals surface area (Å²) < 4.78 is 32.8. The van der Waals surface area contributed by atoms with Crippen LogP contribution in [-0.4, -0.2) is 28.0 Å². The maximum atomic E-state index is 11.9. The van der Waals surface area contributed by atoms with Gasteiger partial charge in [0.25, 0.3) is 5.91 Å². The molecule has 1 amide bonds. The first-order chi connectivity index (χ1) is 11.8. The normalized spacial score (nSPS) is 10.6. The molecule has 9 heteroatoms. The Hall–Kier alpha value is -3.09. The summed E-state index contributed by atoms with van der Waals surface area (Å²) in [6, 6.07) is 12.0. The van der Waals surface area contributed by atoms with E-state index < -0.39 is 15.9 Å². The van der Waals surface area contributed by atoms with Crippen molar-refractivity contribution in [1.29, 1.82) is 5.26 Å². The first kappa shape index (κ1) is 18.3. The third-order valence-corrected chi connectivity index (χ3v) is 4.05. The monoisotopic (exact) mass is 361 g/mol. The summed E-state index contributed by atoms with van der Waals surface area (Å²) in [6.45, 7) is -0.292. The quantitative estimate of drug-likeness (QED) is 0.795. The smallest absolute Gasteiger partial charge is 0.262 e. The van der Waals surface area contributed by atoms with E-state index in [4.69, 9.17) is 19.9 Å². The Morgan fingerprint density at radius 1 is 1.20 bits per heavy atom. The van der Waals surface area contributed by atoms with Crippen LogP contribution in [0.3, 0.4) is 0 Å². The van der Waals surface area contributed by atoms with Gasteiger partial charge in [-0.1, -0.05) is 0 Å². The Kier molecular flexibility index (Phi) is 5.59. The highest BCUT2D eigenvalue weighted by Gasteiger charge is 2.10. The molecular weight excluding hydrogens is 346 g/mol. The van der Waals surface area contributed by atoms with Crippen molar-refractivity contribution in [1.82, 2.24) is 0 Å². The van der Waals surface area contributed by atoms with Gasteiger partial charge in [0.05, 0.1) is 23.6 Å². The molecule has 0 aromatic heterocycles. The summed E-state index contributed by atoms with van der Waals surface area (Å²) in [5.41, 5.74) is 0.802. The summed E-state index contributed by atoms with van der Waals surface area (Å²) >= 11 is 0. The van der Waals surface area contributed by atoms with Crippen LogP contribution in [0.5, 0.6) is 11.5 Å². The predicted molar refractivity (Wildman–Crippen MR) is 89.6 cm³/mol. The SMILES string of the molecule is COc1cc(C#N)ccc1OCC(=O)Nc1ccc(S(N)(=O)=O)cc1. The number of hydrogen-bond acceptors (Lipinski definition) is 6. The van der Waals surface area contributed by atoms with Crippen molar-refractivity contribution in [3.8, 4) is 17.6 Å². The fraction of sp³-hybridized carbons (Fsp3) is 0.125. The molecule has 3 N–H and O–H groups in total. The number of amides is 1. The fourth-order valence-corrected chi connectivity index (χ4v) is 2.44. The van der Waals surface area contributed by atoms with Crippen LogP contribution >= 0.6 is 0 Å². The molecule has 0 bridgehead atoms. The molecule has 0 saturated carbocycles. The van der Waals surface area contributed by atoms with Gasteiger partial charge in [-0.2, -0.15) is 5.26 Å². The van der Waals surface area contributed by atoms with Crippen molar-refractivity contribution in [2.75, 3.05) is 19.0 Å². The predicted octanol–water partition coefficient (Wildman–Crippen LogP) is 1.23. The van der Waals surface area contributed by atoms with Crippen molar-refractivity contribution >= 4 is 21.6 Å². The van der Waals surface area contributed by atoms with Crippen molar-refractivity contribution < 1.29 is 22.7 Å². The zero-order valence-electron chi connectivity index (χ0n) is 13.2. The average molecular weight is 361 g/mol. The van der Waals surface area contributed by atoms with Gasteiger partial charge in [-0.25, -0.2) is 13.6 Å². The molecular formula is C16H15N3O5S. The lowest BCUT2D eigenvalue weighted by Gasteiger charge is -2.11. The van der Waals surface area contributed by atoms with E-state index in [0.29, 0.717) is 22.7 Å². The maximum Gasteiger partial charge on any atom is 0.262 e. The largest absolute Gasteiger partial charge is 0.493 e. The molecule has 0 unspecified atom stereocenters. The highest BCUT2D eigenvalue weighted by Crippen LogP contribution is 2.27. The number of nitrogens with one attached hydrogen (secondary N) is 1. The lowest BCUT2D eigenvalue weighted by Crippen LogP contribution is -2.20. The topological polar surface area (TPSA) is 132 Å². The zero-order valence-corrected chi connectivity index (χ0v) is 14.0. The number of benzene rings is 2. The minimum atomic E-state index is -3.78. The van der Waals surface area contributed by atoms with Crippen LogP contribution in [0.15, 0.2) is 47.4 Å². The number of hydrogen-bond donors (Lipinski definition) is 2. The average Bonchev–Trinajstić information content (AvgIpc) is 2.59. The second-order valence-electron chi connectivity index (χ2n) is 4.88. The molecule has 0 atom stereocenters. The van der Waals surface area contributed by atoms with Gasteiger partial charge in [0.1, 0.15) is 0 Å². The molecule has 0 heterocycles. The molecule has 0 fully saturated rings. The van der Waals surface area contributed by atoms with Crippen LogP contribution < -0.4 is 19.9 Å². The van der Waals surface area contributed by atoms with Crippen LogP contribution in [-0.2, 0) is 14.8 Å². The van der Waals surface area contributed by atoms with E-state index in [1.807, 2.05) is 6.07 Å². The molecule has 2 aromatic rings. The Bertz CT molecular complexity index is 918. The number of carbonyl (C=O) groups is 1. The first-order valence-corrected chi connectivity index (χ1v) is 8.52. The number of primary sulfonamides is 1. The number of nitrogens with two attached hydrogens (primary N) is 1. The van der Waals surface area contributed by atoms with Gasteiger partial charge in [0.2, 0.25) is 10.0 Å². The van der Waals surface area contributed by atoms with E-state index >= 15 is 0 Å². The molecule has 0 aliphatic carbocycles. The second-order valence-corrected chi connectivity index (χ2v) is 6.45. The Labute approximate surface area is 144 Å². The van der Waals surface area contributed by atoms with Crippen molar-refractivity contribution in [3.05, 3.63) is 48.0 Å². The Morgan fingerprint density at radius 2 is 1.88 bits per heavy atom. The number of nitrogens with zero attached hydrogens (tertiary/aromatic N) is 1. The zero-order chi connectivity index (χ0) is 18.4. The van der Waals surface area contributed by atoms with Gasteiger partial charge in [0, 0.05) is 11.8 Å². The van der Waals surface area contributed by atoms with Crippen LogP contribution in [0.2, 0.25) is 0 Å². The van der Waals surface area contributed by atoms with Crippen molar-refractivity contribution in [3.63, 3.8) is 0 Å². The lowest BCUT2D eigenvalue weighted by molar-refractivity contribution is -0.118. The molecule has 2 rings (SSSR count). The summed E-state index contributed by atoms with van der Waals surface area (Å²) in [7, 11) is -2.35. The molecule has 0 radical (unpaired) electrons. The van der Waals surface area contributed by atoms with Crippen LogP contribution in [0.25, 0.3) is 0 Å². The van der Waals surface area contributed by atoms with Crippen LogP contribution in [0.1, 0.15) is 5.56 Å². The maximum absolute atomic E-state index is 11.9. The summed E-state index contributed by atoms with van der Waals surface area (Å²) in [4.78, 5) is 11.9. The van der Waals surface area contributed by atoms with E-state index in [2.05, 4.69) is 5.32 Å². The number of rotatable bonds is 6. The van der Waals surface area contributed by atoms with Gasteiger partial charge < -0.3 is 14.8 Å². The summed E-state index contributed by atoms with van der Waals surface area (Å²) in [5.74, 6) is 0.209. The number of carbonyl (C=O) groups excluding carboxylic acids is 1. The van der Waals surface area contributed by atoms with Crippen LogP contribution in [0.4, 0.5) is 5.69 Å². The summed E-state index contributed by atoms with van der Waals surface area (Å²) in [5, 5.41) is 16.4. The van der Waals surface area contributed by atoms with E-state index in [1.165, 1.54) is 43.5 Å². The highest BCUT2D eigenvalue weighted by molar-refractivity contribution is 7.89. The third-order valence-electron chi connectivity index (χ3n) is 3.12. The molecule has 0 saturated heterocycles. The number of anilines is 1. The highest BCUT2D eigenvalue weighted by atomic mass is 32.2. The molecule has 2 aromatic carbocycles. The molecule has 0 aliphatic rings. The van der Waals surface area contributed by atoms with Gasteiger partial charge in [-0.15, -0.1) is 0 Å². The lowest BCUT2D eigenvalue weighted by atomic mass is 10.2. The number of ether oxygens (including phenoxy) is 2. The van der Waals surface area contributed by atoms with E-state index in [9.17, 15) is 13.2 Å². The number of sulfonamides is 1. The molecule has 0 aliphatic heterocycles. The molecule has 0 spiro atoms. The van der Waals surface area contributed by atoms with Gasteiger partial charge in [0.15, 0.2) is 18.1 Å². The minimum Gasteiger partial charge on any atom is -0.493 e. The fourth-order valence-electron chi connectivity index (χ4n) is 1.92. The first-order valence-electron chi connectivity index (χ1n) is 6.97. The van der Waals surface area contributed by atoms with Gasteiger partial charge >= 0.3 is 0 Å². The molecule has 8 nitrogen and oxygen atoms in total. The summed E-state index contributed by atoms with van der Waals surface area (Å²) in [6.07, 6.45) is 0. The molecule has 25 heavy (non-hydrogen) atoms. The van der Waals surface area contributed by atoms with Crippen molar-refractivity contribution in [2.45, 2.75) is 4.90 Å². The number of nitriles is 1. The Morgan fingerprint density at radius 3 is 2.44 bits per heavy atom. The minimum absolute atomic E-state index is 0.0518. The van der Waals surface area contributed by atoms with E-state index in [0.717, 1.165) is 0 Å². The standard InChI is InChI=1S/C16H15N3O5S/c1-23-15-8-11(9-17)2-7-14(15)24-10-16(20)19-12-3-5-13(6-4-12)25(18,21)22/h2-8H,10H2,1H3,(H,19,20)(H2,18,21,22). The van der Waals surface area contributed by atoms with E-state index in [1.54, 1.807) is 6.07 Å². The van der Waals surface area contributed by atoms with Crippen LogP contribution in [0, 0.1) is 11.3 Å². The van der Waals surface area contributed by atoms with Gasteiger partial charge in [-0.3, -0.25) is 4.79 Å². The second kappa shape index (κ2) is 7.65. The Balaban J connectivity index is 1.98.